The van der Waals surface area contributed by atoms with Gasteiger partial charge in [-0.25, -0.2) is 0 Å². The van der Waals surface area contributed by atoms with Crippen LogP contribution in [0.5, 0.6) is 0 Å². The van der Waals surface area contributed by atoms with Crippen LogP contribution in [0, 0.1) is 69.5 Å². The molecule has 8 saturated carbocycles. The van der Waals surface area contributed by atoms with Crippen LogP contribution in [0.2, 0.25) is 0 Å². The molecule has 8 rings (SSSR count). The van der Waals surface area contributed by atoms with Crippen LogP contribution in [0.1, 0.15) is 92.4 Å². The van der Waals surface area contributed by atoms with Gasteiger partial charge >= 0.3 is 0 Å². The number of rotatable bonds is 1. The highest BCUT2D eigenvalue weighted by Crippen LogP contribution is 2.81. The van der Waals surface area contributed by atoms with Crippen LogP contribution in [-0.4, -0.2) is 0 Å². The van der Waals surface area contributed by atoms with Crippen molar-refractivity contribution in [3.05, 3.63) is 0 Å². The molecule has 11 atom stereocenters. The molecule has 8 fully saturated rings. The Hall–Kier alpha value is 0. The molecule has 8 aliphatic carbocycles. The molecule has 0 aromatic carbocycles. The molecule has 0 heterocycles. The van der Waals surface area contributed by atoms with Gasteiger partial charge < -0.3 is 0 Å². The summed E-state index contributed by atoms with van der Waals surface area (Å²) >= 11 is 0. The molecule has 7 unspecified atom stereocenters. The summed E-state index contributed by atoms with van der Waals surface area (Å²) in [6.07, 6.45) is 14.3. The van der Waals surface area contributed by atoms with E-state index in [9.17, 15) is 0 Å². The highest BCUT2D eigenvalue weighted by atomic mass is 14.8. The van der Waals surface area contributed by atoms with Crippen molar-refractivity contribution in [3.63, 3.8) is 0 Å². The van der Waals surface area contributed by atoms with E-state index in [-0.39, 0.29) is 0 Å². The molecular weight excluding hydrogens is 312 g/mol. The zero-order chi connectivity index (χ0) is 18.1. The Kier molecular flexibility index (Phi) is 3.21. The SMILES string of the molecule is CC(C)C1CCC2C3C4C[C@@H](CC5C6(CCC[C@]35C)C[C@H]6C)C2(C)[C@@H]1C4. The van der Waals surface area contributed by atoms with Crippen LogP contribution in [0.4, 0.5) is 0 Å². The second-order valence-corrected chi connectivity index (χ2v) is 13.0. The summed E-state index contributed by atoms with van der Waals surface area (Å²) in [5, 5.41) is 0. The molecule has 6 bridgehead atoms. The van der Waals surface area contributed by atoms with E-state index >= 15 is 0 Å². The van der Waals surface area contributed by atoms with Crippen molar-refractivity contribution in [2.45, 2.75) is 92.4 Å². The minimum Gasteiger partial charge on any atom is -0.0625 e. The Morgan fingerprint density at radius 2 is 1.69 bits per heavy atom. The van der Waals surface area contributed by atoms with E-state index in [0.717, 1.165) is 58.7 Å². The fourth-order valence-electron chi connectivity index (χ4n) is 11.4. The molecule has 0 amide bonds. The first-order valence-corrected chi connectivity index (χ1v) is 12.3. The second kappa shape index (κ2) is 4.94. The summed E-state index contributed by atoms with van der Waals surface area (Å²) in [7, 11) is 0. The average molecular weight is 355 g/mol. The highest BCUT2D eigenvalue weighted by Gasteiger charge is 2.73. The van der Waals surface area contributed by atoms with Gasteiger partial charge in [0.1, 0.15) is 0 Å². The first kappa shape index (κ1) is 16.9. The van der Waals surface area contributed by atoms with Gasteiger partial charge in [-0.3, -0.25) is 0 Å². The minimum absolute atomic E-state index is 0.695. The predicted molar refractivity (Wildman–Crippen MR) is 109 cm³/mol. The van der Waals surface area contributed by atoms with Gasteiger partial charge in [0.25, 0.3) is 0 Å². The molecule has 1 spiro atoms. The van der Waals surface area contributed by atoms with Crippen LogP contribution in [0.3, 0.4) is 0 Å². The normalized spacial score (nSPS) is 65.3. The van der Waals surface area contributed by atoms with Crippen molar-refractivity contribution in [3.8, 4) is 0 Å². The number of hydrogen-bond acceptors (Lipinski definition) is 0. The van der Waals surface area contributed by atoms with Gasteiger partial charge in [0.05, 0.1) is 0 Å². The average Bonchev–Trinajstić information content (AvgIpc) is 3.23. The van der Waals surface area contributed by atoms with Gasteiger partial charge in [-0.1, -0.05) is 41.0 Å². The first-order valence-electron chi connectivity index (χ1n) is 12.3. The molecule has 26 heavy (non-hydrogen) atoms. The summed E-state index contributed by atoms with van der Waals surface area (Å²) in [4.78, 5) is 0. The van der Waals surface area contributed by atoms with E-state index in [1.807, 2.05) is 0 Å². The van der Waals surface area contributed by atoms with E-state index in [4.69, 9.17) is 0 Å². The van der Waals surface area contributed by atoms with E-state index in [0.29, 0.717) is 10.8 Å². The van der Waals surface area contributed by atoms with Crippen molar-refractivity contribution in [1.82, 2.24) is 0 Å². The molecule has 0 aromatic rings. The third-order valence-electron chi connectivity index (χ3n) is 12.4. The number of hydrogen-bond donors (Lipinski definition) is 0. The molecule has 0 aromatic heterocycles. The van der Waals surface area contributed by atoms with Gasteiger partial charge in [0.2, 0.25) is 0 Å². The fourth-order valence-corrected chi connectivity index (χ4v) is 11.4. The highest BCUT2D eigenvalue weighted by molar-refractivity contribution is 5.22. The standard InChI is InChI=1S/C26H42/c1-15(2)19-7-8-20-23-17-11-18(25(20,5)21(19)12-17)13-22-24(23,4)9-6-10-26(22)14-16(26)3/h15-23H,6-14H2,1-5H3/t16-,17?,18+,19?,20?,21-,22?,23?,24+,25?,26?/m1/s1. The van der Waals surface area contributed by atoms with Gasteiger partial charge in [-0.2, -0.15) is 0 Å². The molecule has 0 heteroatoms. The lowest BCUT2D eigenvalue weighted by molar-refractivity contribution is -0.204. The summed E-state index contributed by atoms with van der Waals surface area (Å²) in [6.45, 7) is 13.3. The molecule has 8 aliphatic rings. The van der Waals surface area contributed by atoms with E-state index in [1.165, 1.54) is 0 Å². The smallest absolute Gasteiger partial charge is 0.0235 e. The van der Waals surface area contributed by atoms with Crippen molar-refractivity contribution >= 4 is 0 Å². The summed E-state index contributed by atoms with van der Waals surface area (Å²) < 4.78 is 0. The molecule has 0 radical (unpaired) electrons. The fraction of sp³-hybridized carbons (Fsp3) is 1.00. The third-order valence-corrected chi connectivity index (χ3v) is 12.4. The maximum Gasteiger partial charge on any atom is -0.0235 e. The predicted octanol–water partition coefficient (Wildman–Crippen LogP) is 7.18. The molecule has 0 aliphatic heterocycles. The van der Waals surface area contributed by atoms with Crippen molar-refractivity contribution < 1.29 is 0 Å². The Morgan fingerprint density at radius 1 is 0.923 bits per heavy atom. The van der Waals surface area contributed by atoms with Crippen LogP contribution < -0.4 is 0 Å². The summed E-state index contributed by atoms with van der Waals surface area (Å²) in [6, 6.07) is 0. The van der Waals surface area contributed by atoms with Gasteiger partial charge in [-0.15, -0.1) is 0 Å². The van der Waals surface area contributed by atoms with Gasteiger partial charge in [0, 0.05) is 0 Å². The Labute approximate surface area is 162 Å². The van der Waals surface area contributed by atoms with E-state index in [2.05, 4.69) is 34.6 Å². The Bertz CT molecular complexity index is 620. The molecule has 0 N–H and O–H groups in total. The van der Waals surface area contributed by atoms with Crippen molar-refractivity contribution in [1.29, 1.82) is 0 Å². The quantitative estimate of drug-likeness (QED) is 0.467. The van der Waals surface area contributed by atoms with E-state index < -0.39 is 0 Å². The topological polar surface area (TPSA) is 0 Å². The van der Waals surface area contributed by atoms with Gasteiger partial charge in [0.15, 0.2) is 0 Å². The molecule has 0 saturated heterocycles. The first-order chi connectivity index (χ1) is 12.3. The largest absolute Gasteiger partial charge is 0.0625 e. The second-order valence-electron chi connectivity index (χ2n) is 13.0. The maximum atomic E-state index is 2.83. The lowest BCUT2D eigenvalue weighted by Crippen LogP contribution is -2.62. The van der Waals surface area contributed by atoms with Crippen LogP contribution in [-0.2, 0) is 0 Å². The van der Waals surface area contributed by atoms with Crippen LogP contribution >= 0.6 is 0 Å². The zero-order valence-corrected chi connectivity index (χ0v) is 18.1. The third kappa shape index (κ3) is 1.72. The Morgan fingerprint density at radius 3 is 2.38 bits per heavy atom. The maximum absolute atomic E-state index is 2.83. The van der Waals surface area contributed by atoms with Crippen LogP contribution in [0.25, 0.3) is 0 Å². The van der Waals surface area contributed by atoms with E-state index in [1.54, 1.807) is 57.8 Å². The summed E-state index contributed by atoms with van der Waals surface area (Å²) in [5.41, 5.74) is 2.19. The molecular formula is C26H42. The van der Waals surface area contributed by atoms with Crippen molar-refractivity contribution in [2.24, 2.45) is 69.5 Å². The minimum atomic E-state index is 0.695. The van der Waals surface area contributed by atoms with Gasteiger partial charge in [-0.05, 0) is 121 Å². The lowest BCUT2D eigenvalue weighted by atomic mass is 9.36. The molecule has 0 nitrogen and oxygen atoms in total. The molecule has 146 valence electrons. The van der Waals surface area contributed by atoms with Crippen LogP contribution in [0.15, 0.2) is 0 Å². The van der Waals surface area contributed by atoms with Crippen molar-refractivity contribution in [2.75, 3.05) is 0 Å². The lowest BCUT2D eigenvalue weighted by Gasteiger charge is -2.69. The zero-order valence-electron chi connectivity index (χ0n) is 18.1. The summed E-state index contributed by atoms with van der Waals surface area (Å²) in [5.74, 6) is 9.47. The Balaban J connectivity index is 1.48. The monoisotopic (exact) mass is 354 g/mol.